The van der Waals surface area contributed by atoms with Gasteiger partial charge in [-0.1, -0.05) is 29.8 Å². The first-order valence-electron chi connectivity index (χ1n) is 12.1. The van der Waals surface area contributed by atoms with E-state index in [-0.39, 0.29) is 35.1 Å². The van der Waals surface area contributed by atoms with Crippen molar-refractivity contribution in [2.45, 2.75) is 51.2 Å². The van der Waals surface area contributed by atoms with Gasteiger partial charge in [-0.15, -0.1) is 0 Å². The number of nitrogens with zero attached hydrogens (tertiary/aromatic N) is 4. The molecule has 4 aromatic rings. The summed E-state index contributed by atoms with van der Waals surface area (Å²) in [7, 11) is 0. The molecule has 2 aromatic carbocycles. The average Bonchev–Trinajstić information content (AvgIpc) is 3.32. The number of nitrogens with one attached hydrogen (secondary N) is 1. The fraction of sp³-hybridized carbons (Fsp3) is 0.296. The van der Waals surface area contributed by atoms with Crippen LogP contribution in [-0.4, -0.2) is 37.6 Å². The summed E-state index contributed by atoms with van der Waals surface area (Å²) >= 11 is 6.23. The zero-order valence-corrected chi connectivity index (χ0v) is 21.6. The summed E-state index contributed by atoms with van der Waals surface area (Å²) in [6.07, 6.45) is -6.35. The summed E-state index contributed by atoms with van der Waals surface area (Å²) in [6, 6.07) is 11.2. The first-order valence-corrected chi connectivity index (χ1v) is 12.5. The maximum atomic E-state index is 14.4. The quantitative estimate of drug-likeness (QED) is 0.207. The van der Waals surface area contributed by atoms with Crippen LogP contribution in [0.2, 0.25) is 5.02 Å². The molecule has 12 heteroatoms. The largest absolute Gasteiger partial charge is 0.389 e. The van der Waals surface area contributed by atoms with Crippen molar-refractivity contribution < 1.29 is 27.2 Å². The lowest BCUT2D eigenvalue weighted by molar-refractivity contribution is -0.135. The molecule has 0 aliphatic carbocycles. The molecule has 2 aromatic heterocycles. The van der Waals surface area contributed by atoms with Crippen molar-refractivity contribution in [2.75, 3.05) is 5.32 Å². The Labute approximate surface area is 225 Å². The first kappa shape index (κ1) is 26.7. The number of anilines is 1. The van der Waals surface area contributed by atoms with Crippen LogP contribution in [0, 0.1) is 5.82 Å². The number of carbonyl (C=O) groups is 2. The van der Waals surface area contributed by atoms with Gasteiger partial charge in [-0.2, -0.15) is 18.3 Å². The lowest BCUT2D eigenvalue weighted by Crippen LogP contribution is -2.28. The van der Waals surface area contributed by atoms with Crippen LogP contribution in [0.1, 0.15) is 54.7 Å². The maximum absolute atomic E-state index is 14.4. The Morgan fingerprint density at radius 2 is 1.87 bits per heavy atom. The summed E-state index contributed by atoms with van der Waals surface area (Å²) in [5.74, 6) is -1.39. The summed E-state index contributed by atoms with van der Waals surface area (Å²) < 4.78 is 54.1. The van der Waals surface area contributed by atoms with E-state index in [1.54, 1.807) is 50.2 Å². The number of benzene rings is 2. The molecule has 39 heavy (non-hydrogen) atoms. The molecule has 5 rings (SSSR count). The Bertz CT molecular complexity index is 1630. The smallest absolute Gasteiger partial charge is 0.310 e. The topological polar surface area (TPSA) is 89.8 Å². The van der Waals surface area contributed by atoms with Gasteiger partial charge < -0.3 is 5.32 Å². The lowest BCUT2D eigenvalue weighted by atomic mass is 9.84. The monoisotopic (exact) mass is 559 g/mol. The molecule has 0 spiro atoms. The van der Waals surface area contributed by atoms with Gasteiger partial charge in [0.2, 0.25) is 5.91 Å². The van der Waals surface area contributed by atoms with Crippen LogP contribution in [0.15, 0.2) is 42.5 Å². The fourth-order valence-electron chi connectivity index (χ4n) is 4.62. The maximum Gasteiger partial charge on any atom is 0.389 e. The van der Waals surface area contributed by atoms with E-state index in [2.05, 4.69) is 20.4 Å². The average molecular weight is 560 g/mol. The molecule has 202 valence electrons. The fourth-order valence-corrected chi connectivity index (χ4v) is 4.78. The molecule has 7 nitrogen and oxygen atoms in total. The Morgan fingerprint density at radius 3 is 2.59 bits per heavy atom. The van der Waals surface area contributed by atoms with Gasteiger partial charge >= 0.3 is 6.18 Å². The molecule has 0 unspecified atom stereocenters. The second kappa shape index (κ2) is 9.71. The number of alkyl halides is 3. The van der Waals surface area contributed by atoms with Crippen molar-refractivity contribution in [3.05, 3.63) is 70.1 Å². The Kier molecular flexibility index (Phi) is 6.66. The Balaban J connectivity index is 1.64. The number of halogens is 5. The molecule has 3 heterocycles. The van der Waals surface area contributed by atoms with Crippen LogP contribution in [0.25, 0.3) is 22.4 Å². The van der Waals surface area contributed by atoms with Crippen molar-refractivity contribution in [1.29, 1.82) is 0 Å². The highest BCUT2D eigenvalue weighted by atomic mass is 35.5. The molecule has 1 aliphatic rings. The van der Waals surface area contributed by atoms with Gasteiger partial charge in [0.25, 0.3) is 0 Å². The van der Waals surface area contributed by atoms with Crippen molar-refractivity contribution in [2.24, 2.45) is 0 Å². The molecule has 0 saturated carbocycles. The number of carbonyl (C=O) groups excluding carboxylic acids is 2. The third-order valence-electron chi connectivity index (χ3n) is 6.67. The van der Waals surface area contributed by atoms with Crippen LogP contribution in [0.5, 0.6) is 0 Å². The predicted molar refractivity (Wildman–Crippen MR) is 137 cm³/mol. The van der Waals surface area contributed by atoms with Crippen molar-refractivity contribution in [3.8, 4) is 11.5 Å². The number of amides is 1. The van der Waals surface area contributed by atoms with E-state index < -0.39 is 48.4 Å². The zero-order chi connectivity index (χ0) is 28.1. The van der Waals surface area contributed by atoms with Crippen LogP contribution in [-0.2, 0) is 16.8 Å². The first-order chi connectivity index (χ1) is 18.3. The summed E-state index contributed by atoms with van der Waals surface area (Å²) in [5, 5.41) is 8.22. The van der Waals surface area contributed by atoms with E-state index in [1.807, 2.05) is 0 Å². The van der Waals surface area contributed by atoms with Crippen molar-refractivity contribution in [1.82, 2.24) is 19.7 Å². The normalized spacial score (nSPS) is 14.5. The van der Waals surface area contributed by atoms with E-state index in [4.69, 9.17) is 11.6 Å². The minimum absolute atomic E-state index is 0.00877. The van der Waals surface area contributed by atoms with E-state index in [9.17, 15) is 27.2 Å². The van der Waals surface area contributed by atoms with E-state index in [1.165, 1.54) is 10.7 Å². The number of Topliss-reactive ketones (excluding diaryl/α,β-unsaturated/α-hetero) is 1. The van der Waals surface area contributed by atoms with E-state index in [0.29, 0.717) is 21.5 Å². The minimum atomic E-state index is -4.40. The van der Waals surface area contributed by atoms with Gasteiger partial charge in [0.1, 0.15) is 23.0 Å². The van der Waals surface area contributed by atoms with Crippen molar-refractivity contribution in [3.63, 3.8) is 0 Å². The Hall–Kier alpha value is -3.86. The van der Waals surface area contributed by atoms with E-state index in [0.717, 1.165) is 0 Å². The molecular weight excluding hydrogens is 538 g/mol. The SMILES string of the molecule is CC1(C)C(=O)Nc2nc(-c3nn(Cc4ccccc4F)c4cc(Cl)ccc34)nc(C(=O)CCCC(F)(F)F)c21. The Morgan fingerprint density at radius 1 is 1.13 bits per heavy atom. The number of hydrogen-bond acceptors (Lipinski definition) is 5. The highest BCUT2D eigenvalue weighted by Crippen LogP contribution is 2.40. The molecule has 0 fully saturated rings. The molecule has 1 aliphatic heterocycles. The molecule has 0 bridgehead atoms. The number of rotatable bonds is 7. The van der Waals surface area contributed by atoms with Crippen molar-refractivity contribution >= 4 is 40.0 Å². The third kappa shape index (κ3) is 5.10. The summed E-state index contributed by atoms with van der Waals surface area (Å²) in [6.45, 7) is 3.23. The van der Waals surface area contributed by atoms with Gasteiger partial charge in [-0.25, -0.2) is 14.4 Å². The standard InChI is InChI=1S/C27H22ClF4N5O2/c1-26(2)20-22(19(38)8-5-11-27(30,31)32)33-24(34-23(20)35-25(26)39)21-16-10-9-15(28)12-18(16)37(36-21)13-14-6-3-4-7-17(14)29/h3-4,6-7,9-10,12H,5,8,11,13H2,1-2H3,(H,33,34,35,39). The number of fused-ring (bicyclic) bond motifs is 2. The van der Waals surface area contributed by atoms with Crippen LogP contribution < -0.4 is 5.32 Å². The molecule has 1 amide bonds. The number of aromatic nitrogens is 4. The highest BCUT2D eigenvalue weighted by Gasteiger charge is 2.44. The van der Waals surface area contributed by atoms with Gasteiger partial charge in [-0.05, 0) is 44.5 Å². The van der Waals surface area contributed by atoms with Crippen LogP contribution in [0.4, 0.5) is 23.4 Å². The van der Waals surface area contributed by atoms with Crippen LogP contribution in [0.3, 0.4) is 0 Å². The van der Waals surface area contributed by atoms with Gasteiger partial charge in [0.05, 0.1) is 17.5 Å². The second-order valence-corrected chi connectivity index (χ2v) is 10.3. The summed E-state index contributed by atoms with van der Waals surface area (Å²) in [5.41, 5.74) is 0.0785. The molecule has 1 N–H and O–H groups in total. The zero-order valence-electron chi connectivity index (χ0n) is 20.9. The number of hydrogen-bond donors (Lipinski definition) is 1. The molecule has 0 atom stereocenters. The molecular formula is C27H22ClF4N5O2. The lowest BCUT2D eigenvalue weighted by Gasteiger charge is -2.18. The molecule has 0 radical (unpaired) electrons. The van der Waals surface area contributed by atoms with Gasteiger partial charge in [0, 0.05) is 34.4 Å². The van der Waals surface area contributed by atoms with Gasteiger partial charge in [-0.3, -0.25) is 14.3 Å². The minimum Gasteiger partial charge on any atom is -0.310 e. The third-order valence-corrected chi connectivity index (χ3v) is 6.90. The van der Waals surface area contributed by atoms with Gasteiger partial charge in [0.15, 0.2) is 11.6 Å². The van der Waals surface area contributed by atoms with E-state index >= 15 is 0 Å². The molecule has 0 saturated heterocycles. The number of ketones is 1. The predicted octanol–water partition coefficient (Wildman–Crippen LogP) is 6.48. The summed E-state index contributed by atoms with van der Waals surface area (Å²) in [4.78, 5) is 34.8. The van der Waals surface area contributed by atoms with Crippen LogP contribution >= 0.6 is 11.6 Å². The second-order valence-electron chi connectivity index (χ2n) is 9.85. The highest BCUT2D eigenvalue weighted by molar-refractivity contribution is 6.31.